The first-order chi connectivity index (χ1) is 15.6. The summed E-state index contributed by atoms with van der Waals surface area (Å²) < 4.78 is 35.4. The maximum atomic E-state index is 13.4. The van der Waals surface area contributed by atoms with Gasteiger partial charge in [0.25, 0.3) is 0 Å². The molecule has 14 heteroatoms. The zero-order chi connectivity index (χ0) is 24.2. The van der Waals surface area contributed by atoms with Gasteiger partial charge in [-0.05, 0) is 25.1 Å². The lowest BCUT2D eigenvalue weighted by Gasteiger charge is -2.24. The van der Waals surface area contributed by atoms with Crippen LogP contribution in [0.5, 0.6) is 5.75 Å². The van der Waals surface area contributed by atoms with Crippen molar-refractivity contribution in [1.29, 1.82) is 0 Å². The number of aromatic nitrogens is 2. The Morgan fingerprint density at radius 3 is 2.64 bits per heavy atom. The predicted octanol–water partition coefficient (Wildman–Crippen LogP) is -0.200. The summed E-state index contributed by atoms with van der Waals surface area (Å²) in [5.74, 6) is -0.539. The molecule has 1 aliphatic rings. The topological polar surface area (TPSA) is 184 Å². The van der Waals surface area contributed by atoms with Crippen LogP contribution in [0.25, 0.3) is 0 Å². The molecule has 2 heterocycles. The van der Waals surface area contributed by atoms with Crippen molar-refractivity contribution in [2.75, 3.05) is 19.5 Å². The first-order valence-electron chi connectivity index (χ1n) is 9.84. The highest BCUT2D eigenvalue weighted by Gasteiger charge is 2.45. The third kappa shape index (κ3) is 5.96. The monoisotopic (exact) mass is 484 g/mol. The van der Waals surface area contributed by atoms with E-state index in [4.69, 9.17) is 19.5 Å². The van der Waals surface area contributed by atoms with Gasteiger partial charge in [-0.2, -0.15) is 10.1 Å². The van der Waals surface area contributed by atoms with E-state index in [-0.39, 0.29) is 11.6 Å². The molecule has 1 fully saturated rings. The van der Waals surface area contributed by atoms with Crippen LogP contribution in [0.15, 0.2) is 47.4 Å². The first-order valence-corrected chi connectivity index (χ1v) is 11.4. The molecule has 1 aliphatic heterocycles. The number of carbonyl (C=O) groups is 1. The molecule has 1 unspecified atom stereocenters. The molecule has 0 amide bonds. The molecular formula is C19H25N4O9P. The molecule has 1 saturated heterocycles. The number of ether oxygens (including phenoxy) is 2. The van der Waals surface area contributed by atoms with Gasteiger partial charge in [0.1, 0.15) is 35.9 Å². The van der Waals surface area contributed by atoms with Gasteiger partial charge >= 0.3 is 19.4 Å². The summed E-state index contributed by atoms with van der Waals surface area (Å²) in [6.07, 6.45) is -4.24. The molecule has 5 N–H and O–H groups in total. The maximum absolute atomic E-state index is 13.4. The molecule has 1 aromatic heterocycles. The number of nitrogens with zero attached hydrogens (tertiary/aromatic N) is 2. The number of carbonyl (C=O) groups excluding carboxylic acids is 1. The van der Waals surface area contributed by atoms with Crippen LogP contribution >= 0.6 is 7.75 Å². The number of rotatable bonds is 9. The highest BCUT2D eigenvalue weighted by Crippen LogP contribution is 2.45. The van der Waals surface area contributed by atoms with Crippen LogP contribution in [0.1, 0.15) is 13.2 Å². The van der Waals surface area contributed by atoms with Crippen molar-refractivity contribution in [1.82, 2.24) is 14.6 Å². The zero-order valence-electron chi connectivity index (χ0n) is 17.8. The van der Waals surface area contributed by atoms with Gasteiger partial charge in [-0.3, -0.25) is 13.9 Å². The van der Waals surface area contributed by atoms with Crippen LogP contribution in [0, 0.1) is 0 Å². The van der Waals surface area contributed by atoms with Crippen molar-refractivity contribution in [3.63, 3.8) is 0 Å². The second-order valence-corrected chi connectivity index (χ2v) is 8.85. The highest BCUT2D eigenvalue weighted by atomic mass is 31.2. The van der Waals surface area contributed by atoms with Crippen LogP contribution in [0.2, 0.25) is 0 Å². The van der Waals surface area contributed by atoms with E-state index >= 15 is 0 Å². The van der Waals surface area contributed by atoms with E-state index < -0.39 is 56.6 Å². The number of nitrogen functional groups attached to an aromatic ring is 1. The standard InChI is InChI=1S/C19H25N4O9P/c1-11(18(26)29-2)22-33(28,32-12-6-4-3-5-7-12)30-10-13-15(24)16(25)17(31-13)23-9-8-14(20)21-19(23)27/h3-9,11,13,15-17,24-25H,10H2,1-2H3,(H,22,28)(H2,20,21,27)/t11-,13+,15+,16+,17+,33?/m0/s1. The molecule has 6 atom stereocenters. The molecule has 0 aliphatic carbocycles. The Morgan fingerprint density at radius 2 is 2.00 bits per heavy atom. The number of benzene rings is 1. The van der Waals surface area contributed by atoms with Crippen LogP contribution in [0.3, 0.4) is 0 Å². The van der Waals surface area contributed by atoms with Gasteiger partial charge in [-0.1, -0.05) is 18.2 Å². The molecule has 0 spiro atoms. The lowest BCUT2D eigenvalue weighted by atomic mass is 10.1. The minimum absolute atomic E-state index is 0.0195. The molecular weight excluding hydrogens is 459 g/mol. The number of esters is 1. The molecule has 2 aromatic rings. The second kappa shape index (κ2) is 10.4. The predicted molar refractivity (Wildman–Crippen MR) is 114 cm³/mol. The summed E-state index contributed by atoms with van der Waals surface area (Å²) >= 11 is 0. The van der Waals surface area contributed by atoms with E-state index in [0.717, 1.165) is 4.57 Å². The molecule has 180 valence electrons. The van der Waals surface area contributed by atoms with E-state index in [2.05, 4.69) is 14.8 Å². The number of hydrogen-bond donors (Lipinski definition) is 4. The SMILES string of the molecule is COC(=O)[C@H](C)NP(=O)(OC[C@H]1O[C@@H](n2ccc(N)nc2=O)[C@H](O)[C@@H]1O)Oc1ccccc1. The van der Waals surface area contributed by atoms with E-state index in [1.54, 1.807) is 18.2 Å². The average Bonchev–Trinajstić information content (AvgIpc) is 3.06. The molecule has 33 heavy (non-hydrogen) atoms. The zero-order valence-corrected chi connectivity index (χ0v) is 18.7. The number of anilines is 1. The fourth-order valence-electron chi connectivity index (χ4n) is 3.06. The molecule has 0 radical (unpaired) electrons. The lowest BCUT2D eigenvalue weighted by molar-refractivity contribution is -0.142. The van der Waals surface area contributed by atoms with Gasteiger partial charge in [0, 0.05) is 6.20 Å². The van der Waals surface area contributed by atoms with E-state index in [9.17, 15) is 24.4 Å². The van der Waals surface area contributed by atoms with Crippen molar-refractivity contribution in [2.24, 2.45) is 0 Å². The van der Waals surface area contributed by atoms with E-state index in [1.165, 1.54) is 38.4 Å². The Labute approximate surface area is 188 Å². The third-order valence-electron chi connectivity index (χ3n) is 4.75. The van der Waals surface area contributed by atoms with Crippen LogP contribution < -0.4 is 21.0 Å². The Hall–Kier alpha value is -2.80. The van der Waals surface area contributed by atoms with Gasteiger partial charge in [0.2, 0.25) is 0 Å². The Bertz CT molecular complexity index is 1070. The summed E-state index contributed by atoms with van der Waals surface area (Å²) in [5.41, 5.74) is 4.67. The van der Waals surface area contributed by atoms with E-state index in [0.29, 0.717) is 0 Å². The summed E-state index contributed by atoms with van der Waals surface area (Å²) in [6, 6.07) is 8.34. The van der Waals surface area contributed by atoms with Gasteiger partial charge in [0.15, 0.2) is 6.23 Å². The van der Waals surface area contributed by atoms with E-state index in [1.807, 2.05) is 0 Å². The lowest BCUT2D eigenvalue weighted by Crippen LogP contribution is -2.37. The second-order valence-electron chi connectivity index (χ2n) is 7.16. The minimum Gasteiger partial charge on any atom is -0.468 e. The normalized spacial score (nSPS) is 25.2. The molecule has 1 aromatic carbocycles. The third-order valence-corrected chi connectivity index (χ3v) is 6.39. The fourth-order valence-corrected chi connectivity index (χ4v) is 4.57. The maximum Gasteiger partial charge on any atom is 0.459 e. The van der Waals surface area contributed by atoms with Crippen LogP contribution in [-0.4, -0.2) is 63.8 Å². The number of nitrogens with one attached hydrogen (secondary N) is 1. The van der Waals surface area contributed by atoms with Crippen molar-refractivity contribution in [3.8, 4) is 5.75 Å². The number of aliphatic hydroxyl groups is 2. The molecule has 0 bridgehead atoms. The van der Waals surface area contributed by atoms with Crippen LogP contribution in [0.4, 0.5) is 5.82 Å². The van der Waals surface area contributed by atoms with Crippen molar-refractivity contribution in [2.45, 2.75) is 37.5 Å². The molecule has 0 saturated carbocycles. The summed E-state index contributed by atoms with van der Waals surface area (Å²) in [6.45, 7) is 0.883. The van der Waals surface area contributed by atoms with Gasteiger partial charge in [-0.15, -0.1) is 0 Å². The van der Waals surface area contributed by atoms with Gasteiger partial charge < -0.3 is 29.9 Å². The number of methoxy groups -OCH3 is 1. The fraction of sp³-hybridized carbons (Fsp3) is 0.421. The highest BCUT2D eigenvalue weighted by molar-refractivity contribution is 7.52. The van der Waals surface area contributed by atoms with Crippen molar-refractivity contribution in [3.05, 3.63) is 53.1 Å². The number of aliphatic hydroxyl groups excluding tert-OH is 2. The summed E-state index contributed by atoms with van der Waals surface area (Å²) in [5, 5.41) is 23.2. The van der Waals surface area contributed by atoms with Crippen LogP contribution in [-0.2, 0) is 23.4 Å². The largest absolute Gasteiger partial charge is 0.468 e. The Balaban J connectivity index is 1.75. The molecule has 13 nitrogen and oxygen atoms in total. The first kappa shape index (κ1) is 24.8. The number of hydrogen-bond acceptors (Lipinski definition) is 11. The quantitative estimate of drug-likeness (QED) is 0.272. The summed E-state index contributed by atoms with van der Waals surface area (Å²) in [4.78, 5) is 27.4. The average molecular weight is 484 g/mol. The van der Waals surface area contributed by atoms with Crippen molar-refractivity contribution < 1.29 is 38.1 Å². The Kier molecular flexibility index (Phi) is 7.84. The summed E-state index contributed by atoms with van der Waals surface area (Å²) in [7, 11) is -3.02. The smallest absolute Gasteiger partial charge is 0.459 e. The minimum atomic E-state index is -4.19. The number of nitrogens with two attached hydrogens (primary N) is 1. The van der Waals surface area contributed by atoms with Crippen molar-refractivity contribution >= 4 is 19.5 Å². The molecule has 3 rings (SSSR count). The van der Waals surface area contributed by atoms with Gasteiger partial charge in [-0.25, -0.2) is 9.36 Å². The Morgan fingerprint density at radius 1 is 1.30 bits per heavy atom. The number of para-hydroxylation sites is 1. The van der Waals surface area contributed by atoms with Gasteiger partial charge in [0.05, 0.1) is 13.7 Å².